The number of benzene rings is 3. The average molecular weight is 376 g/mol. The van der Waals surface area contributed by atoms with E-state index in [0.717, 1.165) is 22.0 Å². The van der Waals surface area contributed by atoms with Gasteiger partial charge in [0.15, 0.2) is 0 Å². The van der Waals surface area contributed by atoms with E-state index < -0.39 is 0 Å². The summed E-state index contributed by atoms with van der Waals surface area (Å²) in [7, 11) is 0. The summed E-state index contributed by atoms with van der Waals surface area (Å²) in [6.07, 6.45) is 2.72. The van der Waals surface area contributed by atoms with E-state index in [4.69, 9.17) is 0 Å². The van der Waals surface area contributed by atoms with Crippen LogP contribution >= 0.6 is 0 Å². The van der Waals surface area contributed by atoms with E-state index >= 15 is 0 Å². The number of rotatable bonds is 7. The first-order chi connectivity index (χ1) is 13.7. The highest BCUT2D eigenvalue weighted by atomic mass is 19.1. The number of nitrogens with one attached hydrogen (secondary N) is 1. The highest BCUT2D eigenvalue weighted by molar-refractivity contribution is 5.84. The molecule has 0 aliphatic heterocycles. The third-order valence-electron chi connectivity index (χ3n) is 5.01. The fraction of sp³-hybridized carbons (Fsp3) is 0.167. The van der Waals surface area contributed by atoms with Gasteiger partial charge in [0.2, 0.25) is 0 Å². The van der Waals surface area contributed by atoms with Crippen molar-refractivity contribution in [2.45, 2.75) is 19.5 Å². The van der Waals surface area contributed by atoms with E-state index in [1.807, 2.05) is 36.4 Å². The molecule has 0 saturated carbocycles. The number of para-hydroxylation sites is 1. The van der Waals surface area contributed by atoms with Crippen LogP contribution in [0.3, 0.4) is 0 Å². The predicted octanol–water partition coefficient (Wildman–Crippen LogP) is 5.30. The SMILES string of the molecule is Fc1ccccc1CCNCc1cn(Cc2ccccc2F)c2ccccc12. The zero-order chi connectivity index (χ0) is 19.3. The largest absolute Gasteiger partial charge is 0.343 e. The van der Waals surface area contributed by atoms with E-state index in [-0.39, 0.29) is 11.6 Å². The van der Waals surface area contributed by atoms with Crippen molar-refractivity contribution in [1.82, 2.24) is 9.88 Å². The maximum Gasteiger partial charge on any atom is 0.128 e. The van der Waals surface area contributed by atoms with Gasteiger partial charge in [0, 0.05) is 29.2 Å². The van der Waals surface area contributed by atoms with Crippen LogP contribution in [0.4, 0.5) is 8.78 Å². The van der Waals surface area contributed by atoms with E-state index in [1.54, 1.807) is 12.1 Å². The van der Waals surface area contributed by atoms with Crippen molar-refractivity contribution in [2.75, 3.05) is 6.54 Å². The molecular weight excluding hydrogens is 354 g/mol. The summed E-state index contributed by atoms with van der Waals surface area (Å²) in [6, 6.07) is 21.9. The Balaban J connectivity index is 1.48. The van der Waals surface area contributed by atoms with Crippen molar-refractivity contribution >= 4 is 10.9 Å². The molecule has 2 nitrogen and oxygen atoms in total. The van der Waals surface area contributed by atoms with Crippen molar-refractivity contribution in [3.8, 4) is 0 Å². The van der Waals surface area contributed by atoms with Gasteiger partial charge in [-0.2, -0.15) is 0 Å². The van der Waals surface area contributed by atoms with Gasteiger partial charge in [-0.3, -0.25) is 0 Å². The van der Waals surface area contributed by atoms with Crippen LogP contribution in [0.2, 0.25) is 0 Å². The van der Waals surface area contributed by atoms with Crippen LogP contribution < -0.4 is 5.32 Å². The molecule has 1 aromatic heterocycles. The molecular formula is C24H22F2N2. The number of halogens is 2. The Hall–Kier alpha value is -2.98. The second-order valence-electron chi connectivity index (χ2n) is 6.91. The van der Waals surface area contributed by atoms with Gasteiger partial charge < -0.3 is 9.88 Å². The zero-order valence-corrected chi connectivity index (χ0v) is 15.5. The number of nitrogens with zero attached hydrogens (tertiary/aromatic N) is 1. The first kappa shape index (κ1) is 18.4. The summed E-state index contributed by atoms with van der Waals surface area (Å²) >= 11 is 0. The van der Waals surface area contributed by atoms with Crippen molar-refractivity contribution in [3.63, 3.8) is 0 Å². The van der Waals surface area contributed by atoms with Crippen molar-refractivity contribution in [3.05, 3.63) is 107 Å². The fourth-order valence-electron chi connectivity index (χ4n) is 3.55. The molecule has 4 aromatic rings. The summed E-state index contributed by atoms with van der Waals surface area (Å²) in [6.45, 7) is 1.86. The Bertz CT molecular complexity index is 1080. The van der Waals surface area contributed by atoms with Gasteiger partial charge in [0.05, 0.1) is 6.54 Å². The minimum absolute atomic E-state index is 0.161. The van der Waals surface area contributed by atoms with Gasteiger partial charge in [-0.25, -0.2) is 8.78 Å². The standard InChI is InChI=1S/C24H22F2N2/c25-22-10-4-1-7-18(22)13-14-27-15-20-17-28(24-12-6-3-9-21(20)24)16-19-8-2-5-11-23(19)26/h1-12,17,27H,13-16H2. The highest BCUT2D eigenvalue weighted by Crippen LogP contribution is 2.23. The van der Waals surface area contributed by atoms with Crippen molar-refractivity contribution in [1.29, 1.82) is 0 Å². The molecule has 28 heavy (non-hydrogen) atoms. The van der Waals surface area contributed by atoms with Crippen molar-refractivity contribution in [2.24, 2.45) is 0 Å². The molecule has 142 valence electrons. The molecule has 1 heterocycles. The molecule has 0 unspecified atom stereocenters. The summed E-state index contributed by atoms with van der Waals surface area (Å²) in [5, 5.41) is 4.55. The molecule has 0 aliphatic rings. The summed E-state index contributed by atoms with van der Waals surface area (Å²) < 4.78 is 29.9. The van der Waals surface area contributed by atoms with E-state index in [9.17, 15) is 8.78 Å². The maximum atomic E-state index is 14.1. The third kappa shape index (κ3) is 3.97. The topological polar surface area (TPSA) is 17.0 Å². The van der Waals surface area contributed by atoms with Gasteiger partial charge in [0.1, 0.15) is 11.6 Å². The van der Waals surface area contributed by atoms with Crippen LogP contribution in [0.5, 0.6) is 0 Å². The lowest BCUT2D eigenvalue weighted by molar-refractivity contribution is 0.596. The van der Waals surface area contributed by atoms with Gasteiger partial charge in [-0.1, -0.05) is 54.6 Å². The van der Waals surface area contributed by atoms with Crippen LogP contribution in [0, 0.1) is 11.6 Å². The fourth-order valence-corrected chi connectivity index (χ4v) is 3.55. The van der Waals surface area contributed by atoms with Gasteiger partial charge >= 0.3 is 0 Å². The average Bonchev–Trinajstić information content (AvgIpc) is 3.06. The van der Waals surface area contributed by atoms with Crippen LogP contribution in [0.1, 0.15) is 16.7 Å². The molecule has 0 bridgehead atoms. The molecule has 4 heteroatoms. The number of aromatic nitrogens is 1. The van der Waals surface area contributed by atoms with Crippen LogP contribution in [-0.4, -0.2) is 11.1 Å². The van der Waals surface area contributed by atoms with Crippen LogP contribution in [-0.2, 0) is 19.5 Å². The summed E-state index contributed by atoms with van der Waals surface area (Å²) in [4.78, 5) is 0. The minimum atomic E-state index is -0.190. The predicted molar refractivity (Wildman–Crippen MR) is 109 cm³/mol. The Kier molecular flexibility index (Phi) is 5.49. The van der Waals surface area contributed by atoms with Crippen molar-refractivity contribution < 1.29 is 8.78 Å². The Morgan fingerprint density at radius 1 is 0.714 bits per heavy atom. The quantitative estimate of drug-likeness (QED) is 0.433. The van der Waals surface area contributed by atoms with Crippen LogP contribution in [0.25, 0.3) is 10.9 Å². The molecule has 1 N–H and O–H groups in total. The van der Waals surface area contributed by atoms with E-state index in [0.29, 0.717) is 31.6 Å². The van der Waals surface area contributed by atoms with E-state index in [2.05, 4.69) is 28.2 Å². The Morgan fingerprint density at radius 3 is 2.11 bits per heavy atom. The lowest BCUT2D eigenvalue weighted by Gasteiger charge is -2.06. The number of hydrogen-bond donors (Lipinski definition) is 1. The van der Waals surface area contributed by atoms with E-state index in [1.165, 1.54) is 12.1 Å². The van der Waals surface area contributed by atoms with Crippen LogP contribution in [0.15, 0.2) is 79.0 Å². The lowest BCUT2D eigenvalue weighted by atomic mass is 10.1. The lowest BCUT2D eigenvalue weighted by Crippen LogP contribution is -2.17. The molecule has 0 amide bonds. The smallest absolute Gasteiger partial charge is 0.128 e. The maximum absolute atomic E-state index is 14.1. The molecule has 0 saturated heterocycles. The first-order valence-electron chi connectivity index (χ1n) is 9.46. The highest BCUT2D eigenvalue weighted by Gasteiger charge is 2.10. The van der Waals surface area contributed by atoms with Gasteiger partial charge in [0.25, 0.3) is 0 Å². The first-order valence-corrected chi connectivity index (χ1v) is 9.46. The second kappa shape index (κ2) is 8.36. The van der Waals surface area contributed by atoms with Gasteiger partial charge in [-0.15, -0.1) is 0 Å². The second-order valence-corrected chi connectivity index (χ2v) is 6.91. The molecule has 4 rings (SSSR count). The number of hydrogen-bond acceptors (Lipinski definition) is 1. The summed E-state index contributed by atoms with van der Waals surface area (Å²) in [5.74, 6) is -0.351. The minimum Gasteiger partial charge on any atom is -0.343 e. The molecule has 0 atom stereocenters. The monoisotopic (exact) mass is 376 g/mol. The summed E-state index contributed by atoms with van der Waals surface area (Å²) in [5.41, 5.74) is 3.62. The normalized spacial score (nSPS) is 11.2. The molecule has 0 radical (unpaired) electrons. The van der Waals surface area contributed by atoms with Gasteiger partial charge in [-0.05, 0) is 42.3 Å². The molecule has 3 aromatic carbocycles. The third-order valence-corrected chi connectivity index (χ3v) is 5.01. The molecule has 0 spiro atoms. The molecule has 0 fully saturated rings. The number of fused-ring (bicyclic) bond motifs is 1. The molecule has 0 aliphatic carbocycles. The zero-order valence-electron chi connectivity index (χ0n) is 15.5. The Morgan fingerprint density at radius 2 is 1.36 bits per heavy atom. The Labute approximate surface area is 163 Å².